The number of nitrogens with one attached hydrogen (secondary N) is 1. The molecule has 4 nitrogen and oxygen atoms in total. The Balaban J connectivity index is 1.53. The lowest BCUT2D eigenvalue weighted by Crippen LogP contribution is -2.27. The minimum absolute atomic E-state index is 0.0512. The van der Waals surface area contributed by atoms with E-state index in [1.165, 1.54) is 5.56 Å². The second-order valence-electron chi connectivity index (χ2n) is 7.32. The number of imidazole rings is 1. The van der Waals surface area contributed by atoms with Gasteiger partial charge in [-0.3, -0.25) is 4.79 Å². The molecule has 0 bridgehead atoms. The first-order valence-corrected chi connectivity index (χ1v) is 10.0. The molecule has 2 aromatic carbocycles. The van der Waals surface area contributed by atoms with Crippen molar-refractivity contribution in [1.29, 1.82) is 0 Å². The first-order valence-electron chi connectivity index (χ1n) is 10.0. The molecule has 0 aliphatic heterocycles. The summed E-state index contributed by atoms with van der Waals surface area (Å²) in [6.45, 7) is 2.69. The molecule has 0 aliphatic carbocycles. The highest BCUT2D eigenvalue weighted by molar-refractivity contribution is 5.77. The molecule has 146 valence electrons. The Morgan fingerprint density at radius 1 is 1.00 bits per heavy atom. The Labute approximate surface area is 171 Å². The maximum Gasteiger partial charge on any atom is 0.221 e. The van der Waals surface area contributed by atoms with Crippen molar-refractivity contribution in [2.45, 2.75) is 25.7 Å². The third kappa shape index (κ3) is 4.37. The van der Waals surface area contributed by atoms with Gasteiger partial charge in [0.2, 0.25) is 5.91 Å². The van der Waals surface area contributed by atoms with Crippen LogP contribution in [-0.2, 0) is 11.2 Å². The zero-order valence-corrected chi connectivity index (χ0v) is 16.6. The van der Waals surface area contributed by atoms with Gasteiger partial charge in [-0.2, -0.15) is 0 Å². The number of pyridine rings is 1. The number of hydrogen-bond donors (Lipinski definition) is 1. The summed E-state index contributed by atoms with van der Waals surface area (Å²) >= 11 is 0. The van der Waals surface area contributed by atoms with Gasteiger partial charge < -0.3 is 9.72 Å². The molecule has 1 atom stereocenters. The third-order valence-electron chi connectivity index (χ3n) is 5.29. The van der Waals surface area contributed by atoms with E-state index in [1.807, 2.05) is 54.9 Å². The molecule has 0 fully saturated rings. The number of benzene rings is 2. The number of amides is 1. The average Bonchev–Trinajstić information content (AvgIpc) is 3.19. The van der Waals surface area contributed by atoms with Crippen LogP contribution in [-0.4, -0.2) is 21.8 Å². The van der Waals surface area contributed by atoms with E-state index in [0.29, 0.717) is 13.0 Å². The van der Waals surface area contributed by atoms with Gasteiger partial charge in [-0.05, 0) is 36.1 Å². The van der Waals surface area contributed by atoms with Crippen LogP contribution in [0.3, 0.4) is 0 Å². The second-order valence-corrected chi connectivity index (χ2v) is 7.32. The highest BCUT2D eigenvalue weighted by Gasteiger charge is 2.22. The fourth-order valence-corrected chi connectivity index (χ4v) is 3.76. The van der Waals surface area contributed by atoms with Gasteiger partial charge in [-0.25, -0.2) is 4.98 Å². The standard InChI is InChI=1S/C25H25N3O/c1-19-9-8-16-28-23(18-27-25(19)28)22(21-12-6-3-7-13-21)17-24(29)26-15-14-20-10-4-2-5-11-20/h2-13,16,18,22H,14-15,17H2,1H3,(H,26,29). The van der Waals surface area contributed by atoms with E-state index in [4.69, 9.17) is 0 Å². The lowest BCUT2D eigenvalue weighted by molar-refractivity contribution is -0.121. The number of aryl methyl sites for hydroxylation is 1. The van der Waals surface area contributed by atoms with Crippen molar-refractivity contribution < 1.29 is 4.79 Å². The Hall–Kier alpha value is -3.40. The minimum Gasteiger partial charge on any atom is -0.356 e. The first kappa shape index (κ1) is 18.9. The summed E-state index contributed by atoms with van der Waals surface area (Å²) in [5, 5.41) is 3.08. The van der Waals surface area contributed by atoms with Crippen molar-refractivity contribution in [1.82, 2.24) is 14.7 Å². The van der Waals surface area contributed by atoms with E-state index in [1.54, 1.807) is 0 Å². The lowest BCUT2D eigenvalue weighted by Gasteiger charge is -2.17. The largest absolute Gasteiger partial charge is 0.356 e. The Kier molecular flexibility index (Phi) is 5.71. The van der Waals surface area contributed by atoms with Crippen LogP contribution in [0.4, 0.5) is 0 Å². The smallest absolute Gasteiger partial charge is 0.221 e. The number of nitrogens with zero attached hydrogens (tertiary/aromatic N) is 2. The molecule has 0 saturated heterocycles. The average molecular weight is 383 g/mol. The van der Waals surface area contributed by atoms with Gasteiger partial charge in [0.15, 0.2) is 0 Å². The fourth-order valence-electron chi connectivity index (χ4n) is 3.76. The minimum atomic E-state index is -0.0512. The van der Waals surface area contributed by atoms with Crippen LogP contribution < -0.4 is 5.32 Å². The van der Waals surface area contributed by atoms with Crippen molar-refractivity contribution in [2.24, 2.45) is 0 Å². The molecule has 0 spiro atoms. The topological polar surface area (TPSA) is 46.4 Å². The van der Waals surface area contributed by atoms with Gasteiger partial charge in [-0.1, -0.05) is 66.7 Å². The van der Waals surface area contributed by atoms with Crippen molar-refractivity contribution in [3.8, 4) is 0 Å². The van der Waals surface area contributed by atoms with Gasteiger partial charge in [0.25, 0.3) is 0 Å². The van der Waals surface area contributed by atoms with Crippen molar-refractivity contribution >= 4 is 11.6 Å². The fraction of sp³-hybridized carbons (Fsp3) is 0.200. The quantitative estimate of drug-likeness (QED) is 0.510. The van der Waals surface area contributed by atoms with Crippen LogP contribution in [0, 0.1) is 6.92 Å². The molecule has 0 aliphatic rings. The second kappa shape index (κ2) is 8.74. The van der Waals surface area contributed by atoms with E-state index in [0.717, 1.165) is 28.9 Å². The van der Waals surface area contributed by atoms with Crippen LogP contribution in [0.2, 0.25) is 0 Å². The molecule has 29 heavy (non-hydrogen) atoms. The van der Waals surface area contributed by atoms with Crippen LogP contribution >= 0.6 is 0 Å². The van der Waals surface area contributed by atoms with Gasteiger partial charge >= 0.3 is 0 Å². The van der Waals surface area contributed by atoms with Gasteiger partial charge in [0.05, 0.1) is 5.69 Å². The normalized spacial score (nSPS) is 12.0. The predicted molar refractivity (Wildman–Crippen MR) is 116 cm³/mol. The summed E-state index contributed by atoms with van der Waals surface area (Å²) < 4.78 is 2.10. The molecule has 4 aromatic rings. The summed E-state index contributed by atoms with van der Waals surface area (Å²) in [6.07, 6.45) is 5.14. The van der Waals surface area contributed by atoms with Crippen LogP contribution in [0.15, 0.2) is 85.2 Å². The van der Waals surface area contributed by atoms with Crippen molar-refractivity contribution in [3.63, 3.8) is 0 Å². The van der Waals surface area contributed by atoms with E-state index in [-0.39, 0.29) is 11.8 Å². The van der Waals surface area contributed by atoms with Crippen LogP contribution in [0.5, 0.6) is 0 Å². The van der Waals surface area contributed by atoms with E-state index < -0.39 is 0 Å². The first-order chi connectivity index (χ1) is 14.2. The molecule has 1 unspecified atom stereocenters. The van der Waals surface area contributed by atoms with Crippen LogP contribution in [0.25, 0.3) is 5.65 Å². The zero-order valence-electron chi connectivity index (χ0n) is 16.6. The van der Waals surface area contributed by atoms with Gasteiger partial charge in [0, 0.05) is 31.3 Å². The molecule has 2 heterocycles. The Bertz CT molecular complexity index is 1090. The summed E-state index contributed by atoms with van der Waals surface area (Å²) in [7, 11) is 0. The highest BCUT2D eigenvalue weighted by atomic mass is 16.1. The SMILES string of the molecule is Cc1cccn2c(C(CC(=O)NCCc3ccccc3)c3ccccc3)cnc12. The van der Waals surface area contributed by atoms with Crippen LogP contribution in [0.1, 0.15) is 34.7 Å². The van der Waals surface area contributed by atoms with E-state index in [2.05, 4.69) is 52.0 Å². The number of carbonyl (C=O) groups is 1. The Morgan fingerprint density at radius 3 is 2.48 bits per heavy atom. The highest BCUT2D eigenvalue weighted by Crippen LogP contribution is 2.29. The molecule has 1 amide bonds. The summed E-state index contributed by atoms with van der Waals surface area (Å²) in [5.41, 5.74) is 5.44. The molecule has 0 saturated carbocycles. The summed E-state index contributed by atoms with van der Waals surface area (Å²) in [6, 6.07) is 24.5. The monoisotopic (exact) mass is 383 g/mol. The number of fused-ring (bicyclic) bond motifs is 1. The van der Waals surface area contributed by atoms with Crippen molar-refractivity contribution in [2.75, 3.05) is 6.54 Å². The summed E-state index contributed by atoms with van der Waals surface area (Å²) in [5.74, 6) is 0.00196. The molecule has 1 N–H and O–H groups in total. The molecule has 2 aromatic heterocycles. The number of carbonyl (C=O) groups excluding carboxylic acids is 1. The maximum absolute atomic E-state index is 12.8. The molecular formula is C25H25N3O. The molecule has 4 heteroatoms. The summed E-state index contributed by atoms with van der Waals surface area (Å²) in [4.78, 5) is 17.4. The number of hydrogen-bond acceptors (Lipinski definition) is 2. The predicted octanol–water partition coefficient (Wildman–Crippen LogP) is 4.52. The van der Waals surface area contributed by atoms with E-state index >= 15 is 0 Å². The zero-order chi connectivity index (χ0) is 20.1. The lowest BCUT2D eigenvalue weighted by atomic mass is 9.92. The number of aromatic nitrogens is 2. The number of rotatable bonds is 7. The maximum atomic E-state index is 12.8. The van der Waals surface area contributed by atoms with Gasteiger partial charge in [0.1, 0.15) is 5.65 Å². The molecule has 0 radical (unpaired) electrons. The van der Waals surface area contributed by atoms with E-state index in [9.17, 15) is 4.79 Å². The van der Waals surface area contributed by atoms with Gasteiger partial charge in [-0.15, -0.1) is 0 Å². The molecular weight excluding hydrogens is 358 g/mol. The molecule has 4 rings (SSSR count). The third-order valence-corrected chi connectivity index (χ3v) is 5.29. The Morgan fingerprint density at radius 2 is 1.72 bits per heavy atom. The van der Waals surface area contributed by atoms with Crippen molar-refractivity contribution in [3.05, 3.63) is 108 Å².